The molecule has 0 fully saturated rings. The van der Waals surface area contributed by atoms with Crippen LogP contribution in [0.25, 0.3) is 0 Å². The van der Waals surface area contributed by atoms with Crippen LogP contribution in [-0.2, 0) is 170 Å². The minimum Gasteiger partial charge on any atom is 0 e. The van der Waals surface area contributed by atoms with E-state index in [-0.39, 0.29) is 170 Å². The molecular weight excluding hydrogens is 631 g/mol. The second-order valence-electron chi connectivity index (χ2n) is 0. The average Bonchev–Trinajstić information content (AvgIpc) is 0. The van der Waals surface area contributed by atoms with Gasteiger partial charge in [-0.05, 0) is 0 Å². The van der Waals surface area contributed by atoms with E-state index in [0.717, 1.165) is 0 Å². The van der Waals surface area contributed by atoms with E-state index in [4.69, 9.17) is 0 Å². The molecule has 0 bridgehead atoms. The van der Waals surface area contributed by atoms with Gasteiger partial charge in [-0.25, -0.2) is 0 Å². The van der Waals surface area contributed by atoms with Crippen molar-refractivity contribution in [2.24, 2.45) is 0 Å². The standard InChI is InChI=1S/9Co.Ru. The van der Waals surface area contributed by atoms with Gasteiger partial charge in [-0.1, -0.05) is 0 Å². The summed E-state index contributed by atoms with van der Waals surface area (Å²) in [4.78, 5) is 0. The molecule has 9 radical (unpaired) electrons. The molecule has 0 spiro atoms. The van der Waals surface area contributed by atoms with E-state index < -0.39 is 0 Å². The summed E-state index contributed by atoms with van der Waals surface area (Å²) in [5.41, 5.74) is 0. The molecule has 0 amide bonds. The van der Waals surface area contributed by atoms with Crippen LogP contribution in [0.3, 0.4) is 0 Å². The molecule has 0 N–H and O–H groups in total. The molecule has 0 aliphatic heterocycles. The summed E-state index contributed by atoms with van der Waals surface area (Å²) in [6.45, 7) is 0. The van der Waals surface area contributed by atoms with Crippen molar-refractivity contribution in [2.75, 3.05) is 0 Å². The van der Waals surface area contributed by atoms with Crippen LogP contribution < -0.4 is 0 Å². The van der Waals surface area contributed by atoms with E-state index in [2.05, 4.69) is 0 Å². The Morgan fingerprint density at radius 2 is 0.200 bits per heavy atom. The summed E-state index contributed by atoms with van der Waals surface area (Å²) in [7, 11) is 0. The zero-order valence-corrected chi connectivity index (χ0v) is 14.5. The van der Waals surface area contributed by atoms with Gasteiger partial charge in [0.2, 0.25) is 0 Å². The summed E-state index contributed by atoms with van der Waals surface area (Å²) < 4.78 is 0. The Morgan fingerprint density at radius 3 is 0.200 bits per heavy atom. The molecule has 0 saturated carbocycles. The zero-order valence-electron chi connectivity index (χ0n) is 3.35. The van der Waals surface area contributed by atoms with Crippen molar-refractivity contribution in [3.8, 4) is 0 Å². The van der Waals surface area contributed by atoms with Crippen molar-refractivity contribution in [2.45, 2.75) is 0 Å². The van der Waals surface area contributed by atoms with Crippen LogP contribution >= 0.6 is 0 Å². The minimum absolute atomic E-state index is 0. The summed E-state index contributed by atoms with van der Waals surface area (Å²) in [6, 6.07) is 0. The van der Waals surface area contributed by atoms with E-state index in [1.54, 1.807) is 0 Å². The van der Waals surface area contributed by atoms with Crippen molar-refractivity contribution in [1.82, 2.24) is 0 Å². The molecule has 0 rings (SSSR count). The predicted octanol–water partition coefficient (Wildman–Crippen LogP) is -0.0250. The summed E-state index contributed by atoms with van der Waals surface area (Å²) in [5, 5.41) is 0. The van der Waals surface area contributed by atoms with E-state index in [0.29, 0.717) is 0 Å². The first-order valence-electron chi connectivity index (χ1n) is 0. The topological polar surface area (TPSA) is 0 Å². The number of rotatable bonds is 0. The van der Waals surface area contributed by atoms with Crippen LogP contribution in [0.1, 0.15) is 0 Å². The molecule has 0 nitrogen and oxygen atoms in total. The van der Waals surface area contributed by atoms with Crippen molar-refractivity contribution in [1.29, 1.82) is 0 Å². The maximum Gasteiger partial charge on any atom is 0 e. The molecule has 10 heavy (non-hydrogen) atoms. The molecule has 0 unspecified atom stereocenters. The van der Waals surface area contributed by atoms with Gasteiger partial charge in [-0.2, -0.15) is 0 Å². The van der Waals surface area contributed by atoms with Gasteiger partial charge in [0.25, 0.3) is 0 Å². The second-order valence-corrected chi connectivity index (χ2v) is 0. The predicted molar refractivity (Wildman–Crippen MR) is 0 cm³/mol. The first-order valence-corrected chi connectivity index (χ1v) is 0. The van der Waals surface area contributed by atoms with Gasteiger partial charge in [0, 0.05) is 170 Å². The smallest absolute Gasteiger partial charge is 0 e. The first-order chi connectivity index (χ1) is 0. The van der Waals surface area contributed by atoms with Crippen LogP contribution in [0.4, 0.5) is 0 Å². The molecule has 0 saturated heterocycles. The Kier molecular flexibility index (Phi) is 1040. The number of hydrogen-bond donors (Lipinski definition) is 0. The number of hydrogen-bond acceptors (Lipinski definition) is 0. The maximum atomic E-state index is 0. The zero-order chi connectivity index (χ0) is 0. The van der Waals surface area contributed by atoms with E-state index in [1.807, 2.05) is 0 Å². The Labute approximate surface area is 167 Å². The molecule has 0 aliphatic rings. The van der Waals surface area contributed by atoms with Crippen molar-refractivity contribution >= 4 is 0 Å². The molecule has 0 aliphatic carbocycles. The summed E-state index contributed by atoms with van der Waals surface area (Å²) >= 11 is 0. The van der Waals surface area contributed by atoms with Crippen LogP contribution in [0, 0.1) is 0 Å². The van der Waals surface area contributed by atoms with Gasteiger partial charge in [-0.15, -0.1) is 0 Å². The average molecular weight is 631 g/mol. The summed E-state index contributed by atoms with van der Waals surface area (Å²) in [5.74, 6) is 0. The fourth-order valence-corrected chi connectivity index (χ4v) is 0. The second kappa shape index (κ2) is 91.8. The van der Waals surface area contributed by atoms with E-state index in [1.165, 1.54) is 0 Å². The fourth-order valence-electron chi connectivity index (χ4n) is 0. The molecule has 0 aromatic rings. The van der Waals surface area contributed by atoms with Crippen molar-refractivity contribution in [3.63, 3.8) is 0 Å². The Bertz CT molecular complexity index is 4.69. The summed E-state index contributed by atoms with van der Waals surface area (Å²) in [6.07, 6.45) is 0. The molecule has 0 atom stereocenters. The molecule has 0 heterocycles. The van der Waals surface area contributed by atoms with Crippen LogP contribution in [0.5, 0.6) is 0 Å². The molecule has 0 aromatic carbocycles. The molecule has 89 valence electrons. The Morgan fingerprint density at radius 1 is 0.200 bits per heavy atom. The molecular formula is Co9Ru. The Hall–Kier alpha value is 5.18. The Balaban J connectivity index is 0. The van der Waals surface area contributed by atoms with Gasteiger partial charge in [0.1, 0.15) is 0 Å². The van der Waals surface area contributed by atoms with E-state index in [9.17, 15) is 0 Å². The van der Waals surface area contributed by atoms with Crippen molar-refractivity contribution in [3.05, 3.63) is 0 Å². The minimum atomic E-state index is 0. The monoisotopic (exact) mass is 632 g/mol. The SMILES string of the molecule is [Co].[Co].[Co].[Co].[Co].[Co].[Co].[Co].[Co].[Ru]. The molecule has 0 aromatic heterocycles. The third-order valence-corrected chi connectivity index (χ3v) is 0. The van der Waals surface area contributed by atoms with Crippen LogP contribution in [-0.4, -0.2) is 0 Å². The maximum absolute atomic E-state index is 0. The quantitative estimate of drug-likeness (QED) is 0.330. The fraction of sp³-hybridized carbons (Fsp3) is 0. The van der Waals surface area contributed by atoms with Crippen molar-refractivity contribution < 1.29 is 170 Å². The van der Waals surface area contributed by atoms with E-state index >= 15 is 0 Å². The van der Waals surface area contributed by atoms with Crippen LogP contribution in [0.2, 0.25) is 0 Å². The first kappa shape index (κ1) is 114. The van der Waals surface area contributed by atoms with Crippen LogP contribution in [0.15, 0.2) is 0 Å². The largest absolute Gasteiger partial charge is 0 e. The van der Waals surface area contributed by atoms with Gasteiger partial charge in [0.15, 0.2) is 0 Å². The molecule has 10 heteroatoms. The third kappa shape index (κ3) is 72.9. The third-order valence-electron chi connectivity index (χ3n) is 0. The normalized spacial score (nSPS) is 0. The van der Waals surface area contributed by atoms with Gasteiger partial charge in [0.05, 0.1) is 0 Å². The van der Waals surface area contributed by atoms with Gasteiger partial charge < -0.3 is 0 Å². The van der Waals surface area contributed by atoms with Gasteiger partial charge >= 0.3 is 0 Å². The van der Waals surface area contributed by atoms with Gasteiger partial charge in [-0.3, -0.25) is 0 Å².